The zero-order chi connectivity index (χ0) is 20.0. The van der Waals surface area contributed by atoms with E-state index in [1.165, 1.54) is 0 Å². The third-order valence-corrected chi connectivity index (χ3v) is 4.32. The van der Waals surface area contributed by atoms with Crippen LogP contribution in [-0.2, 0) is 0 Å². The van der Waals surface area contributed by atoms with Crippen LogP contribution in [0, 0.1) is 5.41 Å². The second-order valence-corrected chi connectivity index (χ2v) is 7.88. The van der Waals surface area contributed by atoms with Crippen molar-refractivity contribution in [3.63, 3.8) is 0 Å². The van der Waals surface area contributed by atoms with Crippen molar-refractivity contribution in [3.8, 4) is 5.75 Å². The molecule has 148 valence electrons. The third-order valence-electron chi connectivity index (χ3n) is 4.32. The number of hydrogen-bond donors (Lipinski definition) is 3. The number of hydrogen-bond acceptors (Lipinski definition) is 4. The normalized spacial score (nSPS) is 12.6. The largest absolute Gasteiger partial charge is 0.497 e. The zero-order valence-corrected chi connectivity index (χ0v) is 17.0. The summed E-state index contributed by atoms with van der Waals surface area (Å²) in [6.45, 7) is 10.9. The lowest BCUT2D eigenvalue weighted by Crippen LogP contribution is -2.45. The van der Waals surface area contributed by atoms with Gasteiger partial charge in [-0.25, -0.2) is 9.48 Å². The summed E-state index contributed by atoms with van der Waals surface area (Å²) in [7, 11) is 1.65. The van der Waals surface area contributed by atoms with Gasteiger partial charge in [0.2, 0.25) is 0 Å². The molecule has 2 rings (SSSR count). The van der Waals surface area contributed by atoms with Crippen molar-refractivity contribution in [2.75, 3.05) is 24.3 Å². The van der Waals surface area contributed by atoms with Gasteiger partial charge in [-0.2, -0.15) is 5.10 Å². The summed E-state index contributed by atoms with van der Waals surface area (Å²) in [6.07, 6.45) is 1.68. The lowest BCUT2D eigenvalue weighted by atomic mass is 9.86. The van der Waals surface area contributed by atoms with Gasteiger partial charge >= 0.3 is 6.03 Å². The Kier molecular flexibility index (Phi) is 6.71. The Bertz CT molecular complexity index is 749. The summed E-state index contributed by atoms with van der Waals surface area (Å²) in [5.74, 6) is 1.47. The number of urea groups is 1. The van der Waals surface area contributed by atoms with Crippen LogP contribution in [0.3, 0.4) is 0 Å². The van der Waals surface area contributed by atoms with E-state index in [4.69, 9.17) is 4.74 Å². The molecular formula is C20H31N5O2. The highest BCUT2D eigenvalue weighted by Gasteiger charge is 2.25. The first-order valence-electron chi connectivity index (χ1n) is 9.19. The van der Waals surface area contributed by atoms with Crippen molar-refractivity contribution in [2.24, 2.45) is 5.41 Å². The number of carbonyl (C=O) groups excluding carboxylic acids is 1. The van der Waals surface area contributed by atoms with Crippen molar-refractivity contribution >= 4 is 17.5 Å². The fraction of sp³-hybridized carbons (Fsp3) is 0.500. The lowest BCUT2D eigenvalue weighted by molar-refractivity contribution is 0.248. The van der Waals surface area contributed by atoms with Gasteiger partial charge in [-0.3, -0.25) is 5.32 Å². The van der Waals surface area contributed by atoms with Crippen molar-refractivity contribution < 1.29 is 9.53 Å². The number of rotatable bonds is 7. The molecule has 27 heavy (non-hydrogen) atoms. The molecule has 0 bridgehead atoms. The van der Waals surface area contributed by atoms with Gasteiger partial charge in [0.25, 0.3) is 0 Å². The van der Waals surface area contributed by atoms with Gasteiger partial charge in [0.05, 0.1) is 13.3 Å². The molecule has 2 aromatic rings. The topological polar surface area (TPSA) is 80.2 Å². The van der Waals surface area contributed by atoms with Gasteiger partial charge in [0, 0.05) is 36.4 Å². The first-order valence-corrected chi connectivity index (χ1v) is 9.19. The Hall–Kier alpha value is -2.70. The Morgan fingerprint density at radius 2 is 2.00 bits per heavy atom. The first-order chi connectivity index (χ1) is 12.7. The van der Waals surface area contributed by atoms with Crippen LogP contribution in [0.15, 0.2) is 36.5 Å². The second kappa shape index (κ2) is 8.79. The van der Waals surface area contributed by atoms with E-state index in [2.05, 4.69) is 41.8 Å². The highest BCUT2D eigenvalue weighted by molar-refractivity contribution is 5.88. The van der Waals surface area contributed by atoms with E-state index >= 15 is 0 Å². The van der Waals surface area contributed by atoms with Gasteiger partial charge in [0.15, 0.2) is 0 Å². The summed E-state index contributed by atoms with van der Waals surface area (Å²) in [5, 5.41) is 13.5. The van der Waals surface area contributed by atoms with E-state index in [1.54, 1.807) is 24.1 Å². The molecule has 0 saturated heterocycles. The fourth-order valence-corrected chi connectivity index (χ4v) is 2.67. The van der Waals surface area contributed by atoms with Crippen molar-refractivity contribution in [1.29, 1.82) is 0 Å². The second-order valence-electron chi connectivity index (χ2n) is 7.88. The Balaban J connectivity index is 1.99. The zero-order valence-electron chi connectivity index (χ0n) is 17.0. The van der Waals surface area contributed by atoms with E-state index in [0.717, 1.165) is 11.4 Å². The van der Waals surface area contributed by atoms with Crippen molar-refractivity contribution in [3.05, 3.63) is 36.5 Å². The van der Waals surface area contributed by atoms with E-state index in [9.17, 15) is 4.79 Å². The minimum atomic E-state index is -0.251. The van der Waals surface area contributed by atoms with Gasteiger partial charge in [-0.05, 0) is 31.4 Å². The molecule has 0 spiro atoms. The Morgan fingerprint density at radius 3 is 2.63 bits per heavy atom. The van der Waals surface area contributed by atoms with E-state index in [1.807, 2.05) is 38.1 Å². The van der Waals surface area contributed by atoms with Gasteiger partial charge in [0.1, 0.15) is 11.6 Å². The van der Waals surface area contributed by atoms with E-state index in [0.29, 0.717) is 12.4 Å². The summed E-state index contributed by atoms with van der Waals surface area (Å²) < 4.78 is 7.05. The van der Waals surface area contributed by atoms with E-state index in [-0.39, 0.29) is 23.5 Å². The average molecular weight is 374 g/mol. The minimum absolute atomic E-state index is 0.0327. The lowest BCUT2D eigenvalue weighted by Gasteiger charge is -2.32. The molecule has 1 atom stereocenters. The first kappa shape index (κ1) is 20.6. The molecule has 0 aliphatic heterocycles. The summed E-state index contributed by atoms with van der Waals surface area (Å²) in [6, 6.07) is 9.52. The number of aromatic nitrogens is 2. The Labute approximate surface area is 161 Å². The molecule has 1 aromatic carbocycles. The molecule has 2 amide bonds. The predicted octanol–water partition coefficient (Wildman–Crippen LogP) is 4.12. The van der Waals surface area contributed by atoms with Crippen LogP contribution in [0.5, 0.6) is 5.75 Å². The van der Waals surface area contributed by atoms with Crippen LogP contribution in [0.25, 0.3) is 0 Å². The van der Waals surface area contributed by atoms with Crippen LogP contribution in [-0.4, -0.2) is 35.5 Å². The molecule has 0 unspecified atom stereocenters. The maximum Gasteiger partial charge on any atom is 0.320 e. The van der Waals surface area contributed by atoms with Crippen molar-refractivity contribution in [1.82, 2.24) is 15.1 Å². The number of amides is 2. The molecule has 0 radical (unpaired) electrons. The minimum Gasteiger partial charge on any atom is -0.497 e. The van der Waals surface area contributed by atoms with E-state index < -0.39 is 0 Å². The number of anilines is 2. The molecule has 0 aliphatic rings. The number of methoxy groups -OCH3 is 1. The quantitative estimate of drug-likeness (QED) is 0.682. The summed E-state index contributed by atoms with van der Waals surface area (Å²) >= 11 is 0. The SMILES string of the molecule is COc1cccc(N[C@H](CNC(=O)Nc2ccnn2C(C)C)C(C)(C)C)c1. The number of ether oxygens (including phenoxy) is 1. The fourth-order valence-electron chi connectivity index (χ4n) is 2.67. The summed E-state index contributed by atoms with van der Waals surface area (Å²) in [5.41, 5.74) is 0.894. The van der Waals surface area contributed by atoms with Crippen LogP contribution in [0.1, 0.15) is 40.7 Å². The number of nitrogens with one attached hydrogen (secondary N) is 3. The van der Waals surface area contributed by atoms with Crippen LogP contribution < -0.4 is 20.7 Å². The van der Waals surface area contributed by atoms with Crippen LogP contribution in [0.4, 0.5) is 16.3 Å². The monoisotopic (exact) mass is 373 g/mol. The maximum atomic E-state index is 12.4. The van der Waals surface area contributed by atoms with Gasteiger partial charge in [-0.15, -0.1) is 0 Å². The number of carbonyl (C=O) groups is 1. The van der Waals surface area contributed by atoms with Crippen LogP contribution in [0.2, 0.25) is 0 Å². The highest BCUT2D eigenvalue weighted by atomic mass is 16.5. The molecule has 1 heterocycles. The molecule has 0 saturated carbocycles. The number of benzene rings is 1. The molecule has 0 aliphatic carbocycles. The average Bonchev–Trinajstić information content (AvgIpc) is 3.06. The highest BCUT2D eigenvalue weighted by Crippen LogP contribution is 2.25. The molecule has 3 N–H and O–H groups in total. The number of nitrogens with zero attached hydrogens (tertiary/aromatic N) is 2. The van der Waals surface area contributed by atoms with Gasteiger partial charge in [-0.1, -0.05) is 26.8 Å². The smallest absolute Gasteiger partial charge is 0.320 e. The van der Waals surface area contributed by atoms with Crippen LogP contribution >= 0.6 is 0 Å². The molecule has 0 fully saturated rings. The molecule has 7 nitrogen and oxygen atoms in total. The molecular weight excluding hydrogens is 342 g/mol. The predicted molar refractivity (Wildman–Crippen MR) is 109 cm³/mol. The van der Waals surface area contributed by atoms with Gasteiger partial charge < -0.3 is 15.4 Å². The molecule has 7 heteroatoms. The standard InChI is InChI=1S/C20H31N5O2/c1-14(2)25-18(10-11-22-25)24-19(26)21-13-17(20(3,4)5)23-15-8-7-9-16(12-15)27-6/h7-12,14,17,23H,13H2,1-6H3,(H2,21,24,26)/t17-/m1/s1. The third kappa shape index (κ3) is 5.91. The molecule has 1 aromatic heterocycles. The maximum absolute atomic E-state index is 12.4. The summed E-state index contributed by atoms with van der Waals surface area (Å²) in [4.78, 5) is 12.4. The van der Waals surface area contributed by atoms with Crippen molar-refractivity contribution in [2.45, 2.75) is 46.7 Å². The Morgan fingerprint density at radius 1 is 1.26 bits per heavy atom.